The fourth-order valence-electron chi connectivity index (χ4n) is 6.12. The van der Waals surface area contributed by atoms with Crippen molar-refractivity contribution >= 4 is 46.2 Å². The van der Waals surface area contributed by atoms with Crippen molar-refractivity contribution < 1.29 is 23.8 Å². The molecule has 2 aromatic carbocycles. The highest BCUT2D eigenvalue weighted by molar-refractivity contribution is 8.26. The number of phenolic OH excluding ortho intramolecular Hbond substituents is 1. The van der Waals surface area contributed by atoms with Crippen LogP contribution < -0.4 is 10.1 Å². The van der Waals surface area contributed by atoms with E-state index in [4.69, 9.17) is 21.4 Å². The number of furan rings is 1. The number of phenols is 1. The molecule has 1 aliphatic heterocycles. The van der Waals surface area contributed by atoms with Crippen molar-refractivity contribution in [2.75, 3.05) is 13.7 Å². The number of aromatic hydroxyl groups is 1. The molecule has 2 N–H and O–H groups in total. The van der Waals surface area contributed by atoms with E-state index in [0.29, 0.717) is 50.9 Å². The van der Waals surface area contributed by atoms with Crippen molar-refractivity contribution in [1.82, 2.24) is 10.2 Å². The van der Waals surface area contributed by atoms with Crippen molar-refractivity contribution in [2.45, 2.75) is 38.1 Å². The van der Waals surface area contributed by atoms with E-state index in [1.165, 1.54) is 38.1 Å². The SMILES string of the molecule is COc1ccc(-c2ccc(C=C3SC(=S)N(C4CC5CCC4C5)C3=O)o2)cc1C(=O)NCCc1ccc(O)cc1. The molecule has 3 fully saturated rings. The van der Waals surface area contributed by atoms with Gasteiger partial charge in [0, 0.05) is 24.2 Å². The molecule has 6 rings (SSSR count). The third-order valence-corrected chi connectivity index (χ3v) is 9.45. The van der Waals surface area contributed by atoms with E-state index >= 15 is 0 Å². The number of benzene rings is 2. The first-order chi connectivity index (χ1) is 19.4. The van der Waals surface area contributed by atoms with Crippen molar-refractivity contribution in [3.05, 3.63) is 76.4 Å². The molecule has 3 unspecified atom stereocenters. The second kappa shape index (κ2) is 11.1. The molecule has 9 heteroatoms. The average molecular weight is 575 g/mol. The number of fused-ring (bicyclic) bond motifs is 2. The van der Waals surface area contributed by atoms with Crippen LogP contribution in [-0.4, -0.2) is 45.8 Å². The Labute approximate surface area is 242 Å². The summed E-state index contributed by atoms with van der Waals surface area (Å²) in [5, 5.41) is 12.4. The van der Waals surface area contributed by atoms with E-state index in [-0.39, 0.29) is 23.6 Å². The highest BCUT2D eigenvalue weighted by atomic mass is 32.2. The molecule has 7 nitrogen and oxygen atoms in total. The van der Waals surface area contributed by atoms with Gasteiger partial charge in [-0.1, -0.05) is 42.5 Å². The number of amides is 2. The number of hydrogen-bond donors (Lipinski definition) is 2. The first-order valence-corrected chi connectivity index (χ1v) is 14.7. The fourth-order valence-corrected chi connectivity index (χ4v) is 7.48. The molecule has 3 aromatic rings. The van der Waals surface area contributed by atoms with Crippen molar-refractivity contribution in [2.24, 2.45) is 11.8 Å². The molecule has 2 aliphatic carbocycles. The molecule has 2 amide bonds. The number of methoxy groups -OCH3 is 1. The van der Waals surface area contributed by atoms with Crippen molar-refractivity contribution in [3.8, 4) is 22.8 Å². The Hall–Kier alpha value is -3.56. The third-order valence-electron chi connectivity index (χ3n) is 8.12. The van der Waals surface area contributed by atoms with Gasteiger partial charge in [-0.05, 0) is 85.5 Å². The summed E-state index contributed by atoms with van der Waals surface area (Å²) in [5.74, 6) is 2.82. The number of carbonyl (C=O) groups excluding carboxylic acids is 2. The largest absolute Gasteiger partial charge is 0.508 e. The summed E-state index contributed by atoms with van der Waals surface area (Å²) in [5.41, 5.74) is 2.13. The highest BCUT2D eigenvalue weighted by Gasteiger charge is 2.48. The van der Waals surface area contributed by atoms with Crippen LogP contribution in [0.15, 0.2) is 63.9 Å². The summed E-state index contributed by atoms with van der Waals surface area (Å²) in [7, 11) is 1.53. The Balaban J connectivity index is 1.15. The number of ether oxygens (including phenoxy) is 1. The van der Waals surface area contributed by atoms with Crippen LogP contribution >= 0.6 is 24.0 Å². The Kier molecular flexibility index (Phi) is 7.42. The minimum atomic E-state index is -0.256. The topological polar surface area (TPSA) is 92.0 Å². The Morgan fingerprint density at radius 1 is 1.18 bits per heavy atom. The molecule has 3 aliphatic rings. The highest BCUT2D eigenvalue weighted by Crippen LogP contribution is 2.49. The Bertz CT molecular complexity index is 1500. The predicted octanol–water partition coefficient (Wildman–Crippen LogP) is 6.02. The van der Waals surface area contributed by atoms with Gasteiger partial charge in [0.1, 0.15) is 27.3 Å². The lowest BCUT2D eigenvalue weighted by Crippen LogP contribution is -2.41. The lowest BCUT2D eigenvalue weighted by molar-refractivity contribution is -0.124. The van der Waals surface area contributed by atoms with E-state index < -0.39 is 0 Å². The van der Waals surface area contributed by atoms with Crippen LogP contribution in [0.3, 0.4) is 0 Å². The van der Waals surface area contributed by atoms with Gasteiger partial charge in [-0.15, -0.1) is 0 Å². The van der Waals surface area contributed by atoms with Gasteiger partial charge < -0.3 is 19.6 Å². The van der Waals surface area contributed by atoms with Crippen LogP contribution in [0.4, 0.5) is 0 Å². The Morgan fingerprint density at radius 2 is 2.00 bits per heavy atom. The van der Waals surface area contributed by atoms with Gasteiger partial charge in [0.15, 0.2) is 0 Å². The molecule has 0 radical (unpaired) electrons. The van der Waals surface area contributed by atoms with Gasteiger partial charge in [-0.3, -0.25) is 14.5 Å². The molecule has 2 heterocycles. The summed E-state index contributed by atoms with van der Waals surface area (Å²) in [6.07, 6.45) is 7.12. The van der Waals surface area contributed by atoms with E-state index in [0.717, 1.165) is 23.5 Å². The number of nitrogens with zero attached hydrogens (tertiary/aromatic N) is 1. The molecular weight excluding hydrogens is 544 g/mol. The van der Waals surface area contributed by atoms with Crippen LogP contribution in [0.2, 0.25) is 0 Å². The maximum atomic E-state index is 13.3. The number of thiocarbonyl (C=S) groups is 1. The molecule has 206 valence electrons. The van der Waals surface area contributed by atoms with E-state index in [1.54, 1.807) is 30.3 Å². The smallest absolute Gasteiger partial charge is 0.266 e. The number of hydrogen-bond acceptors (Lipinski definition) is 7. The summed E-state index contributed by atoms with van der Waals surface area (Å²) < 4.78 is 12.2. The maximum absolute atomic E-state index is 13.3. The minimum absolute atomic E-state index is 0.0267. The summed E-state index contributed by atoms with van der Waals surface area (Å²) in [6.45, 7) is 0.433. The summed E-state index contributed by atoms with van der Waals surface area (Å²) in [6, 6.07) is 16.1. The molecule has 1 aromatic heterocycles. The lowest BCUT2D eigenvalue weighted by Gasteiger charge is -2.30. The fraction of sp³-hybridized carbons (Fsp3) is 0.323. The van der Waals surface area contributed by atoms with Crippen molar-refractivity contribution in [3.63, 3.8) is 0 Å². The quantitative estimate of drug-likeness (QED) is 0.251. The molecule has 0 spiro atoms. The normalized spacial score (nSPS) is 22.9. The second-order valence-electron chi connectivity index (χ2n) is 10.6. The second-order valence-corrected chi connectivity index (χ2v) is 12.3. The Morgan fingerprint density at radius 3 is 2.73 bits per heavy atom. The molecular formula is C31H30N2O5S2. The van der Waals surface area contributed by atoms with Gasteiger partial charge in [0.05, 0.1) is 17.6 Å². The molecule has 3 atom stereocenters. The van der Waals surface area contributed by atoms with Crippen LogP contribution in [-0.2, 0) is 11.2 Å². The lowest BCUT2D eigenvalue weighted by atomic mass is 9.94. The minimum Gasteiger partial charge on any atom is -0.508 e. The van der Waals surface area contributed by atoms with E-state index in [1.807, 2.05) is 35.2 Å². The van der Waals surface area contributed by atoms with Gasteiger partial charge in [0.2, 0.25) is 0 Å². The molecule has 1 saturated heterocycles. The van der Waals surface area contributed by atoms with Gasteiger partial charge >= 0.3 is 0 Å². The first-order valence-electron chi connectivity index (χ1n) is 13.5. The number of thioether (sulfide) groups is 1. The third kappa shape index (κ3) is 5.28. The zero-order valence-corrected chi connectivity index (χ0v) is 23.7. The number of carbonyl (C=O) groups is 2. The average Bonchev–Trinajstić information content (AvgIpc) is 3.75. The monoisotopic (exact) mass is 574 g/mol. The van der Waals surface area contributed by atoms with E-state index in [9.17, 15) is 14.7 Å². The van der Waals surface area contributed by atoms with Crippen LogP contribution in [0.1, 0.15) is 47.4 Å². The zero-order valence-electron chi connectivity index (χ0n) is 22.1. The van der Waals surface area contributed by atoms with Crippen molar-refractivity contribution in [1.29, 1.82) is 0 Å². The van der Waals surface area contributed by atoms with Crippen LogP contribution in [0, 0.1) is 11.8 Å². The molecule has 2 bridgehead atoms. The zero-order chi connectivity index (χ0) is 27.8. The molecule has 40 heavy (non-hydrogen) atoms. The predicted molar refractivity (Wildman–Crippen MR) is 159 cm³/mol. The standard InChI is InChI=1S/C31H30N2O5S2/c1-37-27-10-6-21(16-24(27)29(35)32-13-12-18-3-7-22(34)8-4-18)26-11-9-23(38-26)17-28-30(36)33(31(39)40-28)25-15-19-2-5-20(25)14-19/h3-4,6-11,16-17,19-20,25,34H,2,5,12-15H2,1H3,(H,32,35). The first kappa shape index (κ1) is 26.7. The number of rotatable bonds is 8. The molecule has 2 saturated carbocycles. The summed E-state index contributed by atoms with van der Waals surface area (Å²) in [4.78, 5) is 28.7. The van der Waals surface area contributed by atoms with Gasteiger partial charge in [0.25, 0.3) is 11.8 Å². The van der Waals surface area contributed by atoms with Gasteiger partial charge in [-0.25, -0.2) is 0 Å². The number of nitrogens with one attached hydrogen (secondary N) is 1. The van der Waals surface area contributed by atoms with Gasteiger partial charge in [-0.2, -0.15) is 0 Å². The van der Waals surface area contributed by atoms with Crippen LogP contribution in [0.5, 0.6) is 11.5 Å². The summed E-state index contributed by atoms with van der Waals surface area (Å²) >= 11 is 6.95. The van der Waals surface area contributed by atoms with Crippen LogP contribution in [0.25, 0.3) is 17.4 Å². The maximum Gasteiger partial charge on any atom is 0.266 e. The van der Waals surface area contributed by atoms with E-state index in [2.05, 4.69) is 5.32 Å².